The summed E-state index contributed by atoms with van der Waals surface area (Å²) in [6, 6.07) is 5.55. The van der Waals surface area contributed by atoms with E-state index in [-0.39, 0.29) is 6.04 Å². The van der Waals surface area contributed by atoms with Gasteiger partial charge in [0, 0.05) is 16.2 Å². The van der Waals surface area contributed by atoms with Gasteiger partial charge in [0.25, 0.3) is 0 Å². The number of anilines is 1. The van der Waals surface area contributed by atoms with E-state index in [4.69, 9.17) is 5.11 Å². The van der Waals surface area contributed by atoms with Crippen LogP contribution < -0.4 is 5.32 Å². The lowest BCUT2D eigenvalue weighted by Gasteiger charge is -2.18. The maximum absolute atomic E-state index is 11.2. The number of carboxylic acid groups (broad SMARTS) is 1. The van der Waals surface area contributed by atoms with Crippen LogP contribution in [0.1, 0.15) is 44.0 Å². The molecule has 0 saturated carbocycles. The van der Waals surface area contributed by atoms with Crippen molar-refractivity contribution in [2.45, 2.75) is 39.7 Å². The molecule has 0 amide bonds. The topological polar surface area (TPSA) is 49.3 Å². The summed E-state index contributed by atoms with van der Waals surface area (Å²) in [4.78, 5) is 11.2. The minimum absolute atomic E-state index is 0.270. The van der Waals surface area contributed by atoms with Crippen LogP contribution in [0.2, 0.25) is 0 Å². The summed E-state index contributed by atoms with van der Waals surface area (Å²) >= 11 is 3.29. The van der Waals surface area contributed by atoms with Gasteiger partial charge in [0.2, 0.25) is 0 Å². The second-order valence-electron chi connectivity index (χ2n) is 5.01. The number of rotatable bonds is 6. The van der Waals surface area contributed by atoms with E-state index in [0.29, 0.717) is 17.2 Å². The lowest BCUT2D eigenvalue weighted by atomic mass is 10.0. The molecule has 2 N–H and O–H groups in total. The molecule has 0 fully saturated rings. The summed E-state index contributed by atoms with van der Waals surface area (Å²) in [6.45, 7) is 6.46. The van der Waals surface area contributed by atoms with Gasteiger partial charge in [0.1, 0.15) is 0 Å². The van der Waals surface area contributed by atoms with Crippen molar-refractivity contribution in [2.24, 2.45) is 5.92 Å². The van der Waals surface area contributed by atoms with E-state index < -0.39 is 5.97 Å². The molecule has 1 rings (SSSR count). The molecular weight excluding hydrogens is 294 g/mol. The molecule has 0 aromatic heterocycles. The summed E-state index contributed by atoms with van der Waals surface area (Å²) in [6.07, 6.45) is 2.17. The fourth-order valence-corrected chi connectivity index (χ4v) is 2.10. The molecule has 0 radical (unpaired) electrons. The average molecular weight is 314 g/mol. The number of benzene rings is 1. The third-order valence-corrected chi connectivity index (χ3v) is 3.28. The number of carbonyl (C=O) groups is 1. The maximum Gasteiger partial charge on any atom is 0.337 e. The van der Waals surface area contributed by atoms with Gasteiger partial charge in [-0.15, -0.1) is 0 Å². The highest BCUT2D eigenvalue weighted by molar-refractivity contribution is 9.10. The summed E-state index contributed by atoms with van der Waals surface area (Å²) in [7, 11) is 0. The van der Waals surface area contributed by atoms with E-state index in [1.165, 1.54) is 0 Å². The smallest absolute Gasteiger partial charge is 0.337 e. The van der Waals surface area contributed by atoms with Crippen LogP contribution in [0, 0.1) is 5.92 Å². The first-order chi connectivity index (χ1) is 8.40. The van der Waals surface area contributed by atoms with Crippen molar-refractivity contribution < 1.29 is 9.90 Å². The average Bonchev–Trinajstić information content (AvgIpc) is 2.28. The van der Waals surface area contributed by atoms with Gasteiger partial charge in [-0.1, -0.05) is 29.8 Å². The standard InChI is InChI=1S/C14H20BrNO2/c1-9(2)4-5-10(3)16-13-7-6-11(15)8-12(13)14(17)18/h6-10,16H,4-5H2,1-3H3,(H,17,18). The molecule has 3 nitrogen and oxygen atoms in total. The SMILES string of the molecule is CC(C)CCC(C)Nc1ccc(Br)cc1C(=O)O. The molecule has 0 saturated heterocycles. The van der Waals surface area contributed by atoms with E-state index in [1.54, 1.807) is 12.1 Å². The molecule has 0 aliphatic rings. The van der Waals surface area contributed by atoms with Crippen LogP contribution in [0.15, 0.2) is 22.7 Å². The molecule has 100 valence electrons. The minimum Gasteiger partial charge on any atom is -0.478 e. The van der Waals surface area contributed by atoms with Crippen molar-refractivity contribution in [2.75, 3.05) is 5.32 Å². The Kier molecular flexibility index (Phi) is 5.66. The van der Waals surface area contributed by atoms with Gasteiger partial charge in [-0.25, -0.2) is 4.79 Å². The third kappa shape index (κ3) is 4.69. The first-order valence-electron chi connectivity index (χ1n) is 6.19. The number of nitrogens with one attached hydrogen (secondary N) is 1. The largest absolute Gasteiger partial charge is 0.478 e. The van der Waals surface area contributed by atoms with Crippen molar-refractivity contribution in [1.29, 1.82) is 0 Å². The van der Waals surface area contributed by atoms with Crippen LogP contribution in [-0.2, 0) is 0 Å². The maximum atomic E-state index is 11.2. The van der Waals surface area contributed by atoms with Crippen molar-refractivity contribution in [3.63, 3.8) is 0 Å². The molecule has 18 heavy (non-hydrogen) atoms. The van der Waals surface area contributed by atoms with Crippen molar-refractivity contribution in [3.05, 3.63) is 28.2 Å². The zero-order chi connectivity index (χ0) is 13.7. The summed E-state index contributed by atoms with van der Waals surface area (Å²) in [5.74, 6) is -0.243. The Labute approximate surface area is 117 Å². The van der Waals surface area contributed by atoms with E-state index >= 15 is 0 Å². The zero-order valence-corrected chi connectivity index (χ0v) is 12.6. The number of carboxylic acids is 1. The van der Waals surface area contributed by atoms with Gasteiger partial charge in [0.05, 0.1) is 5.56 Å². The van der Waals surface area contributed by atoms with Gasteiger partial charge < -0.3 is 10.4 Å². The van der Waals surface area contributed by atoms with Gasteiger partial charge >= 0.3 is 5.97 Å². The quantitative estimate of drug-likeness (QED) is 0.819. The van der Waals surface area contributed by atoms with E-state index in [9.17, 15) is 4.79 Å². The van der Waals surface area contributed by atoms with Crippen LogP contribution in [0.5, 0.6) is 0 Å². The second kappa shape index (κ2) is 6.78. The fraction of sp³-hybridized carbons (Fsp3) is 0.500. The van der Waals surface area contributed by atoms with E-state index in [0.717, 1.165) is 17.3 Å². The van der Waals surface area contributed by atoms with Crippen molar-refractivity contribution >= 4 is 27.6 Å². The Morgan fingerprint density at radius 3 is 2.56 bits per heavy atom. The van der Waals surface area contributed by atoms with Gasteiger partial charge in [-0.3, -0.25) is 0 Å². The highest BCUT2D eigenvalue weighted by Gasteiger charge is 2.12. The van der Waals surface area contributed by atoms with Gasteiger partial charge in [0.15, 0.2) is 0 Å². The Hall–Kier alpha value is -1.03. The van der Waals surface area contributed by atoms with Crippen molar-refractivity contribution in [3.8, 4) is 0 Å². The minimum atomic E-state index is -0.908. The molecule has 4 heteroatoms. The molecule has 1 aromatic rings. The number of aromatic carboxylic acids is 1. The monoisotopic (exact) mass is 313 g/mol. The Morgan fingerprint density at radius 1 is 1.33 bits per heavy atom. The predicted molar refractivity (Wildman–Crippen MR) is 78.3 cm³/mol. The first-order valence-corrected chi connectivity index (χ1v) is 6.98. The number of halogens is 1. The molecule has 1 unspecified atom stereocenters. The van der Waals surface area contributed by atoms with Crippen LogP contribution in [0.3, 0.4) is 0 Å². The molecule has 0 aliphatic heterocycles. The molecule has 1 atom stereocenters. The molecule has 0 bridgehead atoms. The molecular formula is C14H20BrNO2. The summed E-state index contributed by atoms with van der Waals surface area (Å²) in [5.41, 5.74) is 0.989. The van der Waals surface area contributed by atoms with Crippen LogP contribution in [-0.4, -0.2) is 17.1 Å². The summed E-state index contributed by atoms with van der Waals surface area (Å²) in [5, 5.41) is 12.4. The lowest BCUT2D eigenvalue weighted by molar-refractivity contribution is 0.0698. The highest BCUT2D eigenvalue weighted by atomic mass is 79.9. The van der Waals surface area contributed by atoms with E-state index in [2.05, 4.69) is 42.0 Å². The number of hydrogen-bond donors (Lipinski definition) is 2. The van der Waals surface area contributed by atoms with Gasteiger partial charge in [-0.05, 0) is 43.9 Å². The van der Waals surface area contributed by atoms with E-state index in [1.807, 2.05) is 6.07 Å². The fourth-order valence-electron chi connectivity index (χ4n) is 1.74. The van der Waals surface area contributed by atoms with Crippen molar-refractivity contribution in [1.82, 2.24) is 0 Å². The van der Waals surface area contributed by atoms with Crippen LogP contribution in [0.25, 0.3) is 0 Å². The third-order valence-electron chi connectivity index (χ3n) is 2.79. The lowest BCUT2D eigenvalue weighted by Crippen LogP contribution is -2.18. The first kappa shape index (κ1) is 15.0. The molecule has 0 heterocycles. The highest BCUT2D eigenvalue weighted by Crippen LogP contribution is 2.22. The Morgan fingerprint density at radius 2 is 2.00 bits per heavy atom. The molecule has 0 spiro atoms. The molecule has 0 aliphatic carbocycles. The second-order valence-corrected chi connectivity index (χ2v) is 5.93. The molecule has 1 aromatic carbocycles. The normalized spacial score (nSPS) is 12.5. The predicted octanol–water partition coefficient (Wildman–Crippen LogP) is 4.38. The number of hydrogen-bond acceptors (Lipinski definition) is 2. The van der Waals surface area contributed by atoms with Gasteiger partial charge in [-0.2, -0.15) is 0 Å². The Bertz CT molecular complexity index is 418. The summed E-state index contributed by atoms with van der Waals surface area (Å²) < 4.78 is 0.778. The van der Waals surface area contributed by atoms with Crippen LogP contribution >= 0.6 is 15.9 Å². The Balaban J connectivity index is 2.74. The zero-order valence-electron chi connectivity index (χ0n) is 11.0. The van der Waals surface area contributed by atoms with Crippen LogP contribution in [0.4, 0.5) is 5.69 Å².